The van der Waals surface area contributed by atoms with Crippen molar-refractivity contribution < 1.29 is 19.1 Å². The summed E-state index contributed by atoms with van der Waals surface area (Å²) >= 11 is 1.25. The second-order valence-electron chi connectivity index (χ2n) is 4.94. The standard InChI is InChI=1S/C17H21N3O4S/c1-3-23-13-6-5-12(11-14(13)24-4-2)7-8-18-15(21)16(22)20-17-19-9-10-25-17/h5-6,9-11H,3-4,7-8H2,1-2H3,(H,18,21)(H,19,20,22). The zero-order valence-electron chi connectivity index (χ0n) is 14.2. The largest absolute Gasteiger partial charge is 0.490 e. The van der Waals surface area contributed by atoms with E-state index in [0.29, 0.717) is 42.8 Å². The summed E-state index contributed by atoms with van der Waals surface area (Å²) in [4.78, 5) is 27.4. The molecular weight excluding hydrogens is 342 g/mol. The number of hydrogen-bond donors (Lipinski definition) is 2. The highest BCUT2D eigenvalue weighted by molar-refractivity contribution is 7.13. The van der Waals surface area contributed by atoms with Crippen molar-refractivity contribution in [3.63, 3.8) is 0 Å². The first-order chi connectivity index (χ1) is 12.1. The third kappa shape index (κ3) is 5.75. The summed E-state index contributed by atoms with van der Waals surface area (Å²) in [5, 5.41) is 7.14. The van der Waals surface area contributed by atoms with Gasteiger partial charge in [-0.05, 0) is 38.0 Å². The minimum Gasteiger partial charge on any atom is -0.490 e. The maximum atomic E-state index is 11.8. The van der Waals surface area contributed by atoms with Crippen LogP contribution in [0.25, 0.3) is 0 Å². The van der Waals surface area contributed by atoms with Crippen LogP contribution in [0.3, 0.4) is 0 Å². The van der Waals surface area contributed by atoms with Crippen molar-refractivity contribution in [3.8, 4) is 11.5 Å². The summed E-state index contributed by atoms with van der Waals surface area (Å²) in [5.41, 5.74) is 0.979. The summed E-state index contributed by atoms with van der Waals surface area (Å²) in [5.74, 6) is -0.0440. The summed E-state index contributed by atoms with van der Waals surface area (Å²) in [6.45, 7) is 5.25. The Morgan fingerprint density at radius 1 is 1.12 bits per heavy atom. The predicted molar refractivity (Wildman–Crippen MR) is 96.2 cm³/mol. The molecule has 7 nitrogen and oxygen atoms in total. The monoisotopic (exact) mass is 363 g/mol. The third-order valence-corrected chi connectivity index (χ3v) is 3.85. The average Bonchev–Trinajstić information content (AvgIpc) is 3.10. The predicted octanol–water partition coefficient (Wildman–Crippen LogP) is 2.24. The van der Waals surface area contributed by atoms with E-state index in [1.54, 1.807) is 11.6 Å². The van der Waals surface area contributed by atoms with Crippen molar-refractivity contribution >= 4 is 28.3 Å². The van der Waals surface area contributed by atoms with Crippen molar-refractivity contribution in [2.24, 2.45) is 0 Å². The van der Waals surface area contributed by atoms with E-state index in [1.165, 1.54) is 11.3 Å². The van der Waals surface area contributed by atoms with Crippen LogP contribution in [-0.4, -0.2) is 36.6 Å². The summed E-state index contributed by atoms with van der Waals surface area (Å²) in [6.07, 6.45) is 2.13. The number of nitrogens with zero attached hydrogens (tertiary/aromatic N) is 1. The van der Waals surface area contributed by atoms with E-state index in [0.717, 1.165) is 5.56 Å². The second-order valence-corrected chi connectivity index (χ2v) is 5.84. The van der Waals surface area contributed by atoms with E-state index in [-0.39, 0.29) is 0 Å². The first kappa shape index (κ1) is 18.7. The topological polar surface area (TPSA) is 89.5 Å². The second kappa shape index (κ2) is 9.63. The third-order valence-electron chi connectivity index (χ3n) is 3.17. The van der Waals surface area contributed by atoms with Crippen LogP contribution in [0.2, 0.25) is 0 Å². The summed E-state index contributed by atoms with van der Waals surface area (Å²) in [7, 11) is 0. The lowest BCUT2D eigenvalue weighted by Crippen LogP contribution is -2.36. The van der Waals surface area contributed by atoms with E-state index in [4.69, 9.17) is 9.47 Å². The van der Waals surface area contributed by atoms with Gasteiger partial charge in [-0.15, -0.1) is 11.3 Å². The smallest absolute Gasteiger partial charge is 0.315 e. The number of aromatic nitrogens is 1. The molecule has 0 saturated carbocycles. The minimum atomic E-state index is -0.725. The van der Waals surface area contributed by atoms with E-state index in [1.807, 2.05) is 32.0 Å². The number of nitrogens with one attached hydrogen (secondary N) is 2. The molecular formula is C17H21N3O4S. The van der Waals surface area contributed by atoms with Crippen LogP contribution in [0.4, 0.5) is 5.13 Å². The molecule has 1 aromatic carbocycles. The van der Waals surface area contributed by atoms with Crippen molar-refractivity contribution in [3.05, 3.63) is 35.3 Å². The maximum Gasteiger partial charge on any atom is 0.315 e. The Morgan fingerprint density at radius 3 is 2.56 bits per heavy atom. The van der Waals surface area contributed by atoms with E-state index < -0.39 is 11.8 Å². The lowest BCUT2D eigenvalue weighted by Gasteiger charge is -2.12. The van der Waals surface area contributed by atoms with Gasteiger partial charge >= 0.3 is 11.8 Å². The molecule has 134 valence electrons. The summed E-state index contributed by atoms with van der Waals surface area (Å²) < 4.78 is 11.1. The van der Waals surface area contributed by atoms with Crippen LogP contribution < -0.4 is 20.1 Å². The molecule has 0 saturated heterocycles. The molecule has 2 rings (SSSR count). The summed E-state index contributed by atoms with van der Waals surface area (Å²) in [6, 6.07) is 5.65. The number of hydrogen-bond acceptors (Lipinski definition) is 6. The van der Waals surface area contributed by atoms with Gasteiger partial charge < -0.3 is 14.8 Å². The number of anilines is 1. The number of carbonyl (C=O) groups excluding carboxylic acids is 2. The zero-order valence-corrected chi connectivity index (χ0v) is 15.0. The minimum absolute atomic E-state index is 0.337. The van der Waals surface area contributed by atoms with E-state index in [2.05, 4.69) is 15.6 Å². The van der Waals surface area contributed by atoms with Crippen LogP contribution in [0.15, 0.2) is 29.8 Å². The normalized spacial score (nSPS) is 10.2. The Bertz CT molecular complexity index is 704. The Hall–Kier alpha value is -2.61. The van der Waals surface area contributed by atoms with Crippen molar-refractivity contribution in [2.75, 3.05) is 25.1 Å². The van der Waals surface area contributed by atoms with Gasteiger partial charge in [-0.3, -0.25) is 14.9 Å². The van der Waals surface area contributed by atoms with Gasteiger partial charge in [0, 0.05) is 18.1 Å². The molecule has 8 heteroatoms. The molecule has 1 heterocycles. The molecule has 1 aromatic heterocycles. The fourth-order valence-electron chi connectivity index (χ4n) is 2.09. The number of ether oxygens (including phenoxy) is 2. The van der Waals surface area contributed by atoms with Crippen LogP contribution in [0.1, 0.15) is 19.4 Å². The highest BCUT2D eigenvalue weighted by Crippen LogP contribution is 2.28. The number of amides is 2. The molecule has 0 radical (unpaired) electrons. The first-order valence-electron chi connectivity index (χ1n) is 8.01. The Kier molecular flexibility index (Phi) is 7.21. The van der Waals surface area contributed by atoms with Gasteiger partial charge in [0.05, 0.1) is 13.2 Å². The molecule has 0 unspecified atom stereocenters. The number of thiazole rings is 1. The van der Waals surface area contributed by atoms with Crippen LogP contribution in [0.5, 0.6) is 11.5 Å². The van der Waals surface area contributed by atoms with Gasteiger partial charge in [0.1, 0.15) is 0 Å². The van der Waals surface area contributed by atoms with E-state index in [9.17, 15) is 9.59 Å². The molecule has 2 N–H and O–H groups in total. The molecule has 0 aliphatic carbocycles. The van der Waals surface area contributed by atoms with Crippen LogP contribution >= 0.6 is 11.3 Å². The molecule has 0 fully saturated rings. The van der Waals surface area contributed by atoms with E-state index >= 15 is 0 Å². The highest BCUT2D eigenvalue weighted by Gasteiger charge is 2.14. The first-order valence-corrected chi connectivity index (χ1v) is 8.89. The van der Waals surface area contributed by atoms with Gasteiger partial charge in [-0.2, -0.15) is 0 Å². The van der Waals surface area contributed by atoms with Crippen molar-refractivity contribution in [1.82, 2.24) is 10.3 Å². The van der Waals surface area contributed by atoms with Gasteiger partial charge in [-0.1, -0.05) is 6.07 Å². The fraction of sp³-hybridized carbons (Fsp3) is 0.353. The lowest BCUT2D eigenvalue weighted by molar-refractivity contribution is -0.136. The number of rotatable bonds is 8. The van der Waals surface area contributed by atoms with Gasteiger partial charge in [0.25, 0.3) is 0 Å². The van der Waals surface area contributed by atoms with Crippen molar-refractivity contribution in [1.29, 1.82) is 0 Å². The van der Waals surface area contributed by atoms with Gasteiger partial charge in [-0.25, -0.2) is 4.98 Å². The Labute approximate surface area is 150 Å². The highest BCUT2D eigenvalue weighted by atomic mass is 32.1. The maximum absolute atomic E-state index is 11.8. The molecule has 0 aliphatic rings. The van der Waals surface area contributed by atoms with Gasteiger partial charge in [0.2, 0.25) is 0 Å². The quantitative estimate of drug-likeness (QED) is 0.702. The molecule has 2 aromatic rings. The number of carbonyl (C=O) groups is 2. The Morgan fingerprint density at radius 2 is 1.88 bits per heavy atom. The van der Waals surface area contributed by atoms with Crippen LogP contribution in [-0.2, 0) is 16.0 Å². The molecule has 0 aliphatic heterocycles. The lowest BCUT2D eigenvalue weighted by atomic mass is 10.1. The fourth-order valence-corrected chi connectivity index (χ4v) is 2.61. The molecule has 0 atom stereocenters. The SMILES string of the molecule is CCOc1ccc(CCNC(=O)C(=O)Nc2nccs2)cc1OCC. The Balaban J connectivity index is 1.85. The molecule has 2 amide bonds. The zero-order chi connectivity index (χ0) is 18.1. The van der Waals surface area contributed by atoms with Crippen LogP contribution in [0, 0.1) is 0 Å². The molecule has 25 heavy (non-hydrogen) atoms. The van der Waals surface area contributed by atoms with Gasteiger partial charge in [0.15, 0.2) is 16.6 Å². The molecule has 0 spiro atoms. The molecule has 0 bridgehead atoms. The number of benzene rings is 1. The average molecular weight is 363 g/mol. The van der Waals surface area contributed by atoms with Crippen molar-refractivity contribution in [2.45, 2.75) is 20.3 Å².